The van der Waals surface area contributed by atoms with Gasteiger partial charge in [0.05, 0.1) is 0 Å². The number of anilines is 1. The normalized spacial score (nSPS) is 18.6. The molecule has 4 heteroatoms. The molecular weight excluding hydrogens is 262 g/mol. The monoisotopic (exact) mass is 271 g/mol. The van der Waals surface area contributed by atoms with E-state index in [1.54, 1.807) is 0 Å². The van der Waals surface area contributed by atoms with Gasteiger partial charge in [-0.05, 0) is 43.8 Å². The molecule has 1 aliphatic heterocycles. The first-order valence-corrected chi connectivity index (χ1v) is 5.90. The maximum absolute atomic E-state index is 11.7. The summed E-state index contributed by atoms with van der Waals surface area (Å²) in [4.78, 5) is 12.7. The SMILES string of the molecule is CC1(C)Nc2ccc(Br)cc2SC1=O. The van der Waals surface area contributed by atoms with Crippen LogP contribution in [0.5, 0.6) is 0 Å². The van der Waals surface area contributed by atoms with Crippen LogP contribution in [-0.2, 0) is 4.79 Å². The molecule has 0 spiro atoms. The Bertz CT molecular complexity index is 403. The van der Waals surface area contributed by atoms with Gasteiger partial charge in [0.1, 0.15) is 5.54 Å². The molecule has 2 rings (SSSR count). The lowest BCUT2D eigenvalue weighted by Crippen LogP contribution is -2.40. The molecule has 0 radical (unpaired) electrons. The molecular formula is C10H10BrNOS. The second kappa shape index (κ2) is 3.28. The van der Waals surface area contributed by atoms with Crippen LogP contribution in [0.25, 0.3) is 0 Å². The molecule has 0 bridgehead atoms. The Morgan fingerprint density at radius 3 is 2.86 bits per heavy atom. The summed E-state index contributed by atoms with van der Waals surface area (Å²) in [5, 5.41) is 3.38. The number of thioether (sulfide) groups is 1. The van der Waals surface area contributed by atoms with Crippen molar-refractivity contribution in [2.75, 3.05) is 5.32 Å². The van der Waals surface area contributed by atoms with E-state index < -0.39 is 5.54 Å². The number of hydrogen-bond acceptors (Lipinski definition) is 3. The van der Waals surface area contributed by atoms with Crippen LogP contribution in [0.3, 0.4) is 0 Å². The lowest BCUT2D eigenvalue weighted by atomic mass is 10.1. The van der Waals surface area contributed by atoms with Gasteiger partial charge in [-0.15, -0.1) is 0 Å². The largest absolute Gasteiger partial charge is 0.372 e. The topological polar surface area (TPSA) is 29.1 Å². The summed E-state index contributed by atoms with van der Waals surface area (Å²) in [6.45, 7) is 3.79. The van der Waals surface area contributed by atoms with E-state index in [9.17, 15) is 4.79 Å². The number of fused-ring (bicyclic) bond motifs is 1. The fourth-order valence-electron chi connectivity index (χ4n) is 1.30. The number of nitrogens with one attached hydrogen (secondary N) is 1. The summed E-state index contributed by atoms with van der Waals surface area (Å²) in [5.41, 5.74) is 0.564. The van der Waals surface area contributed by atoms with E-state index in [-0.39, 0.29) is 5.12 Å². The first kappa shape index (κ1) is 10.1. The minimum Gasteiger partial charge on any atom is -0.372 e. The van der Waals surface area contributed by atoms with E-state index in [4.69, 9.17) is 0 Å². The van der Waals surface area contributed by atoms with E-state index in [0.717, 1.165) is 15.1 Å². The highest BCUT2D eigenvalue weighted by Gasteiger charge is 2.33. The average Bonchev–Trinajstić information content (AvgIpc) is 2.08. The van der Waals surface area contributed by atoms with E-state index in [0.29, 0.717) is 0 Å². The van der Waals surface area contributed by atoms with Gasteiger partial charge in [-0.3, -0.25) is 4.79 Å². The maximum Gasteiger partial charge on any atom is 0.218 e. The van der Waals surface area contributed by atoms with Gasteiger partial charge < -0.3 is 5.32 Å². The molecule has 0 unspecified atom stereocenters. The van der Waals surface area contributed by atoms with Crippen LogP contribution in [0.1, 0.15) is 13.8 Å². The summed E-state index contributed by atoms with van der Waals surface area (Å²) in [5.74, 6) is 0. The molecule has 1 N–H and O–H groups in total. The smallest absolute Gasteiger partial charge is 0.218 e. The standard InChI is InChI=1S/C10H10BrNOS/c1-10(2)9(13)14-8-5-6(11)3-4-7(8)12-10/h3-5,12H,1-2H3. The van der Waals surface area contributed by atoms with Gasteiger partial charge in [0.25, 0.3) is 0 Å². The number of carbonyl (C=O) groups excluding carboxylic acids is 1. The van der Waals surface area contributed by atoms with Crippen molar-refractivity contribution in [3.63, 3.8) is 0 Å². The van der Waals surface area contributed by atoms with Crippen molar-refractivity contribution in [2.45, 2.75) is 24.3 Å². The van der Waals surface area contributed by atoms with E-state index in [1.165, 1.54) is 11.8 Å². The minimum absolute atomic E-state index is 0.156. The minimum atomic E-state index is -0.467. The van der Waals surface area contributed by atoms with Crippen molar-refractivity contribution in [3.8, 4) is 0 Å². The lowest BCUT2D eigenvalue weighted by Gasteiger charge is -2.31. The Kier molecular flexibility index (Phi) is 2.35. The zero-order valence-electron chi connectivity index (χ0n) is 7.93. The van der Waals surface area contributed by atoms with Crippen molar-refractivity contribution in [1.29, 1.82) is 0 Å². The average molecular weight is 272 g/mol. The fraction of sp³-hybridized carbons (Fsp3) is 0.300. The quantitative estimate of drug-likeness (QED) is 0.785. The van der Waals surface area contributed by atoms with Crippen LogP contribution >= 0.6 is 27.7 Å². The molecule has 1 aromatic rings. The summed E-state index contributed by atoms with van der Waals surface area (Å²) in [6, 6.07) is 5.92. The Labute approximate surface area is 95.6 Å². The van der Waals surface area contributed by atoms with E-state index >= 15 is 0 Å². The molecule has 0 saturated heterocycles. The lowest BCUT2D eigenvalue weighted by molar-refractivity contribution is -0.114. The Morgan fingerprint density at radius 1 is 1.43 bits per heavy atom. The number of rotatable bonds is 0. The molecule has 1 heterocycles. The van der Waals surface area contributed by atoms with Crippen LogP contribution in [0.15, 0.2) is 27.6 Å². The predicted octanol–water partition coefficient (Wildman–Crippen LogP) is 3.27. The Morgan fingerprint density at radius 2 is 2.14 bits per heavy atom. The third-order valence-electron chi connectivity index (χ3n) is 2.10. The highest BCUT2D eigenvalue weighted by Crippen LogP contribution is 2.39. The molecule has 0 fully saturated rings. The number of benzene rings is 1. The highest BCUT2D eigenvalue weighted by molar-refractivity contribution is 9.10. The third kappa shape index (κ3) is 1.68. The Balaban J connectivity index is 2.46. The van der Waals surface area contributed by atoms with Crippen molar-refractivity contribution < 1.29 is 4.79 Å². The van der Waals surface area contributed by atoms with Gasteiger partial charge in [-0.1, -0.05) is 15.9 Å². The zero-order chi connectivity index (χ0) is 10.3. The first-order chi connectivity index (χ1) is 6.49. The molecule has 1 aromatic carbocycles. The molecule has 14 heavy (non-hydrogen) atoms. The highest BCUT2D eigenvalue weighted by atomic mass is 79.9. The summed E-state index contributed by atoms with van der Waals surface area (Å²) in [6.07, 6.45) is 0. The number of halogens is 1. The van der Waals surface area contributed by atoms with Gasteiger partial charge in [0.15, 0.2) is 0 Å². The van der Waals surface area contributed by atoms with Crippen LogP contribution in [-0.4, -0.2) is 10.7 Å². The molecule has 0 aliphatic carbocycles. The molecule has 0 saturated carbocycles. The molecule has 0 amide bonds. The molecule has 2 nitrogen and oxygen atoms in total. The second-order valence-electron chi connectivity index (χ2n) is 3.78. The van der Waals surface area contributed by atoms with Gasteiger partial charge in [0, 0.05) is 15.1 Å². The first-order valence-electron chi connectivity index (χ1n) is 4.29. The molecule has 1 aliphatic rings. The van der Waals surface area contributed by atoms with Crippen LogP contribution in [0, 0.1) is 0 Å². The third-order valence-corrected chi connectivity index (χ3v) is 3.85. The summed E-state index contributed by atoms with van der Waals surface area (Å²) >= 11 is 4.69. The van der Waals surface area contributed by atoms with Crippen LogP contribution in [0.2, 0.25) is 0 Å². The van der Waals surface area contributed by atoms with Gasteiger partial charge >= 0.3 is 0 Å². The van der Waals surface area contributed by atoms with Crippen molar-refractivity contribution in [2.24, 2.45) is 0 Å². The van der Waals surface area contributed by atoms with Crippen molar-refractivity contribution in [3.05, 3.63) is 22.7 Å². The molecule has 74 valence electrons. The van der Waals surface area contributed by atoms with Crippen LogP contribution in [0.4, 0.5) is 5.69 Å². The maximum atomic E-state index is 11.7. The molecule has 0 atom stereocenters. The second-order valence-corrected chi connectivity index (χ2v) is 5.71. The zero-order valence-corrected chi connectivity index (χ0v) is 10.3. The fourth-order valence-corrected chi connectivity index (χ4v) is 2.73. The Hall–Kier alpha value is -0.480. The predicted molar refractivity (Wildman–Crippen MR) is 62.7 cm³/mol. The summed E-state index contributed by atoms with van der Waals surface area (Å²) < 4.78 is 0.998. The van der Waals surface area contributed by atoms with E-state index in [2.05, 4.69) is 21.2 Å². The van der Waals surface area contributed by atoms with Crippen molar-refractivity contribution in [1.82, 2.24) is 0 Å². The number of carbonyl (C=O) groups is 1. The van der Waals surface area contributed by atoms with Gasteiger partial charge in [-0.25, -0.2) is 0 Å². The van der Waals surface area contributed by atoms with Crippen LogP contribution < -0.4 is 5.32 Å². The summed E-state index contributed by atoms with van der Waals surface area (Å²) in [7, 11) is 0. The molecule has 0 aromatic heterocycles. The van der Waals surface area contributed by atoms with Gasteiger partial charge in [-0.2, -0.15) is 0 Å². The van der Waals surface area contributed by atoms with Crippen molar-refractivity contribution >= 4 is 38.5 Å². The van der Waals surface area contributed by atoms with Gasteiger partial charge in [0.2, 0.25) is 5.12 Å². The van der Waals surface area contributed by atoms with E-state index in [1.807, 2.05) is 32.0 Å². The number of hydrogen-bond donors (Lipinski definition) is 1.